The zero-order valence-corrected chi connectivity index (χ0v) is 11.3. The molecule has 102 valence electrons. The average molecular weight is 275 g/mol. The van der Waals surface area contributed by atoms with Gasteiger partial charge in [-0.1, -0.05) is 30.3 Å². The number of rotatable bonds is 3. The highest BCUT2D eigenvalue weighted by atomic mass is 16.1. The highest BCUT2D eigenvalue weighted by molar-refractivity contribution is 5.62. The van der Waals surface area contributed by atoms with Gasteiger partial charge in [-0.3, -0.25) is 4.79 Å². The molecule has 0 amide bonds. The Kier molecular flexibility index (Phi) is 3.40. The van der Waals surface area contributed by atoms with Crippen LogP contribution in [0.25, 0.3) is 11.1 Å². The van der Waals surface area contributed by atoms with Gasteiger partial charge in [0.2, 0.25) is 0 Å². The molecule has 0 fully saturated rings. The molecular weight excluding hydrogens is 262 g/mol. The lowest BCUT2D eigenvalue weighted by Crippen LogP contribution is -2.13. The molecule has 3 rings (SSSR count). The number of nitrogens with zero attached hydrogens (tertiary/aromatic N) is 2. The fourth-order valence-corrected chi connectivity index (χ4v) is 2.21. The summed E-state index contributed by atoms with van der Waals surface area (Å²) in [6, 6.07) is 13.3. The van der Waals surface area contributed by atoms with Crippen LogP contribution in [0.5, 0.6) is 0 Å². The summed E-state index contributed by atoms with van der Waals surface area (Å²) in [7, 11) is 0. The number of H-pyrrole nitrogens is 1. The fraction of sp³-hybridized carbons (Fsp3) is 0.0588. The summed E-state index contributed by atoms with van der Waals surface area (Å²) in [5.41, 5.74) is 2.23. The van der Waals surface area contributed by atoms with E-state index >= 15 is 0 Å². The van der Waals surface area contributed by atoms with Crippen LogP contribution in [0.2, 0.25) is 0 Å². The molecule has 0 spiro atoms. The molecule has 0 bridgehead atoms. The van der Waals surface area contributed by atoms with Gasteiger partial charge in [0.25, 0.3) is 5.56 Å². The van der Waals surface area contributed by atoms with Crippen molar-refractivity contribution < 1.29 is 0 Å². The number of terminal acetylenes is 1. The Morgan fingerprint density at radius 2 is 2.00 bits per heavy atom. The maximum Gasteiger partial charge on any atom is 0.256 e. The smallest absolute Gasteiger partial charge is 0.256 e. The number of benzene rings is 1. The second-order valence-corrected chi connectivity index (χ2v) is 4.62. The Hall–Kier alpha value is -3.06. The first-order valence-corrected chi connectivity index (χ1v) is 6.53. The lowest BCUT2D eigenvalue weighted by atomic mass is 10.1. The standard InChI is InChI=1S/C17H13N3O/c1-2-16-18-10-11-20(16)12-14-8-9-15(17(21)19-14)13-6-4-3-5-7-13/h1,3-11H,12H2,(H,19,21). The molecule has 0 aliphatic carbocycles. The zero-order chi connectivity index (χ0) is 14.7. The van der Waals surface area contributed by atoms with E-state index in [-0.39, 0.29) is 5.56 Å². The monoisotopic (exact) mass is 275 g/mol. The molecule has 0 radical (unpaired) electrons. The molecule has 1 aromatic carbocycles. The van der Waals surface area contributed by atoms with Crippen LogP contribution in [0, 0.1) is 12.3 Å². The summed E-state index contributed by atoms with van der Waals surface area (Å²) in [5, 5.41) is 0. The molecule has 0 unspecified atom stereocenters. The second-order valence-electron chi connectivity index (χ2n) is 4.62. The molecular formula is C17H13N3O. The van der Waals surface area contributed by atoms with E-state index in [1.54, 1.807) is 12.4 Å². The van der Waals surface area contributed by atoms with Crippen LogP contribution in [0.4, 0.5) is 0 Å². The van der Waals surface area contributed by atoms with Gasteiger partial charge in [-0.25, -0.2) is 4.98 Å². The molecule has 3 aromatic rings. The third kappa shape index (κ3) is 2.63. The number of hydrogen-bond donors (Lipinski definition) is 1. The van der Waals surface area contributed by atoms with Gasteiger partial charge >= 0.3 is 0 Å². The topological polar surface area (TPSA) is 50.7 Å². The number of hydrogen-bond acceptors (Lipinski definition) is 2. The van der Waals surface area contributed by atoms with Gasteiger partial charge in [0.05, 0.1) is 6.54 Å². The molecule has 1 N–H and O–H groups in total. The van der Waals surface area contributed by atoms with Crippen molar-refractivity contribution in [2.75, 3.05) is 0 Å². The SMILES string of the molecule is C#Cc1nccn1Cc1ccc(-c2ccccc2)c(=O)[nH]1. The molecule has 4 nitrogen and oxygen atoms in total. The van der Waals surface area contributed by atoms with Crippen LogP contribution in [0.1, 0.15) is 11.5 Å². The van der Waals surface area contributed by atoms with E-state index in [0.29, 0.717) is 17.9 Å². The normalized spacial score (nSPS) is 10.2. The Morgan fingerprint density at radius 1 is 1.19 bits per heavy atom. The predicted octanol–water partition coefficient (Wildman–Crippen LogP) is 2.27. The lowest BCUT2D eigenvalue weighted by Gasteiger charge is -2.06. The van der Waals surface area contributed by atoms with Gasteiger partial charge < -0.3 is 9.55 Å². The van der Waals surface area contributed by atoms with Gasteiger partial charge in [-0.2, -0.15) is 0 Å². The summed E-state index contributed by atoms with van der Waals surface area (Å²) >= 11 is 0. The van der Waals surface area contributed by atoms with Crippen molar-refractivity contribution in [3.8, 4) is 23.5 Å². The highest BCUT2D eigenvalue weighted by Gasteiger charge is 2.05. The minimum Gasteiger partial charge on any atom is -0.324 e. The molecule has 0 aliphatic heterocycles. The predicted molar refractivity (Wildman–Crippen MR) is 81.8 cm³/mol. The lowest BCUT2D eigenvalue weighted by molar-refractivity contribution is 0.759. The van der Waals surface area contributed by atoms with Crippen LogP contribution in [0.3, 0.4) is 0 Å². The van der Waals surface area contributed by atoms with E-state index in [0.717, 1.165) is 11.3 Å². The van der Waals surface area contributed by atoms with Crippen LogP contribution in [-0.4, -0.2) is 14.5 Å². The summed E-state index contributed by atoms with van der Waals surface area (Å²) in [5.74, 6) is 3.05. The number of aromatic nitrogens is 3. The first-order valence-electron chi connectivity index (χ1n) is 6.53. The summed E-state index contributed by atoms with van der Waals surface area (Å²) < 4.78 is 1.81. The van der Waals surface area contributed by atoms with E-state index in [1.165, 1.54) is 0 Å². The van der Waals surface area contributed by atoms with E-state index in [2.05, 4.69) is 15.9 Å². The van der Waals surface area contributed by atoms with Crippen LogP contribution < -0.4 is 5.56 Å². The zero-order valence-electron chi connectivity index (χ0n) is 11.3. The Labute approximate surface area is 122 Å². The molecule has 0 atom stereocenters. The van der Waals surface area contributed by atoms with E-state index < -0.39 is 0 Å². The molecule has 0 saturated heterocycles. The molecule has 2 aromatic heterocycles. The number of nitrogens with one attached hydrogen (secondary N) is 1. The first kappa shape index (κ1) is 12.9. The van der Waals surface area contributed by atoms with Gasteiger partial charge in [0.15, 0.2) is 5.82 Å². The van der Waals surface area contributed by atoms with Crippen molar-refractivity contribution in [3.63, 3.8) is 0 Å². The van der Waals surface area contributed by atoms with Crippen molar-refractivity contribution in [1.29, 1.82) is 0 Å². The average Bonchev–Trinajstić information content (AvgIpc) is 2.95. The Balaban J connectivity index is 1.92. The van der Waals surface area contributed by atoms with Crippen LogP contribution >= 0.6 is 0 Å². The molecule has 21 heavy (non-hydrogen) atoms. The number of imidazole rings is 1. The molecule has 4 heteroatoms. The van der Waals surface area contributed by atoms with Crippen molar-refractivity contribution in [1.82, 2.24) is 14.5 Å². The van der Waals surface area contributed by atoms with Crippen molar-refractivity contribution >= 4 is 0 Å². The fourth-order valence-electron chi connectivity index (χ4n) is 2.21. The van der Waals surface area contributed by atoms with Crippen LogP contribution in [0.15, 0.2) is 59.7 Å². The first-order chi connectivity index (χ1) is 10.3. The third-order valence-electron chi connectivity index (χ3n) is 3.24. The van der Waals surface area contributed by atoms with Gasteiger partial charge in [0, 0.05) is 23.7 Å². The number of pyridine rings is 1. The van der Waals surface area contributed by atoms with E-state index in [1.807, 2.05) is 47.0 Å². The summed E-state index contributed by atoms with van der Waals surface area (Å²) in [6.45, 7) is 0.490. The maximum atomic E-state index is 12.2. The Bertz CT molecular complexity index is 853. The van der Waals surface area contributed by atoms with Crippen molar-refractivity contribution in [2.24, 2.45) is 0 Å². The van der Waals surface area contributed by atoms with Crippen LogP contribution in [-0.2, 0) is 6.54 Å². The van der Waals surface area contributed by atoms with Gasteiger partial charge in [0.1, 0.15) is 0 Å². The Morgan fingerprint density at radius 3 is 2.71 bits per heavy atom. The highest BCUT2D eigenvalue weighted by Crippen LogP contribution is 2.14. The number of aromatic amines is 1. The van der Waals surface area contributed by atoms with Gasteiger partial charge in [-0.05, 0) is 23.6 Å². The quantitative estimate of drug-likeness (QED) is 0.745. The third-order valence-corrected chi connectivity index (χ3v) is 3.24. The van der Waals surface area contributed by atoms with Gasteiger partial charge in [-0.15, -0.1) is 6.42 Å². The molecule has 0 saturated carbocycles. The van der Waals surface area contributed by atoms with E-state index in [4.69, 9.17) is 6.42 Å². The van der Waals surface area contributed by atoms with Crippen molar-refractivity contribution in [2.45, 2.75) is 6.54 Å². The largest absolute Gasteiger partial charge is 0.324 e. The second kappa shape index (κ2) is 5.51. The maximum absolute atomic E-state index is 12.2. The summed E-state index contributed by atoms with van der Waals surface area (Å²) in [4.78, 5) is 19.1. The molecule has 0 aliphatic rings. The summed E-state index contributed by atoms with van der Waals surface area (Å²) in [6.07, 6.45) is 8.81. The minimum absolute atomic E-state index is 0.110. The minimum atomic E-state index is -0.110. The van der Waals surface area contributed by atoms with Crippen molar-refractivity contribution in [3.05, 3.63) is 76.7 Å². The molecule has 2 heterocycles. The van der Waals surface area contributed by atoms with E-state index in [9.17, 15) is 4.79 Å².